The Bertz CT molecular complexity index is 2430. The van der Waals surface area contributed by atoms with Gasteiger partial charge in [0.1, 0.15) is 60.5 Å². The number of nitrogens with one attached hydrogen (secondary N) is 10. The van der Waals surface area contributed by atoms with Crippen LogP contribution in [0.1, 0.15) is 140 Å². The number of hydrogen-bond acceptors (Lipinski definition) is 16. The third-order valence-electron chi connectivity index (χ3n) is 15.7. The lowest BCUT2D eigenvalue weighted by atomic mass is 9.94. The first-order chi connectivity index (χ1) is 40.0. The van der Waals surface area contributed by atoms with Gasteiger partial charge in [-0.2, -0.15) is 0 Å². The summed E-state index contributed by atoms with van der Waals surface area (Å²) in [6, 6.07) is -4.47. The Kier molecular flexibility index (Phi) is 32.0. The number of aliphatic hydroxyl groups is 2. The van der Waals surface area contributed by atoms with Gasteiger partial charge in [-0.05, 0) is 68.4 Å². The Morgan fingerprint density at radius 1 is 0.612 bits per heavy atom. The molecule has 26 nitrogen and oxygen atoms in total. The number of benzene rings is 1. The molecule has 26 heteroatoms. The van der Waals surface area contributed by atoms with Crippen LogP contribution < -0.4 is 58.9 Å². The molecular formula is C59H97N11O15. The van der Waals surface area contributed by atoms with E-state index in [-0.39, 0.29) is 25.2 Å². The molecule has 0 saturated carbocycles. The fourth-order valence-electron chi connectivity index (χ4n) is 9.27. The Morgan fingerprint density at radius 2 is 1.07 bits per heavy atom. The van der Waals surface area contributed by atoms with Crippen LogP contribution in [0, 0.1) is 35.5 Å². The monoisotopic (exact) mass is 1200 g/mol. The lowest BCUT2D eigenvalue weighted by Crippen LogP contribution is -2.63. The van der Waals surface area contributed by atoms with Crippen molar-refractivity contribution in [3.05, 3.63) is 35.9 Å². The van der Waals surface area contributed by atoms with E-state index in [0.717, 1.165) is 5.56 Å². The van der Waals surface area contributed by atoms with Gasteiger partial charge in [0, 0.05) is 18.8 Å². The van der Waals surface area contributed by atoms with Crippen molar-refractivity contribution in [3.63, 3.8) is 0 Å². The molecule has 0 radical (unpaired) electrons. The lowest BCUT2D eigenvalue weighted by molar-refractivity contribution is -0.157. The van der Waals surface area contributed by atoms with Crippen LogP contribution >= 0.6 is 0 Å². The summed E-state index contributed by atoms with van der Waals surface area (Å²) in [6.07, 6.45) is -0.793. The van der Waals surface area contributed by atoms with Gasteiger partial charge in [-0.15, -0.1) is 0 Å². The highest BCUT2D eigenvalue weighted by atomic mass is 16.5. The average Bonchev–Trinajstić information content (AvgIpc) is 3.84. The predicted octanol–water partition coefficient (Wildman–Crippen LogP) is -0.799. The van der Waals surface area contributed by atoms with E-state index < -0.39 is 199 Å². The summed E-state index contributed by atoms with van der Waals surface area (Å²) in [5.74, 6) is -13.4. The van der Waals surface area contributed by atoms with Crippen molar-refractivity contribution in [2.24, 2.45) is 41.2 Å². The number of aliphatic hydroxyl groups excluding tert-OH is 2. The predicted molar refractivity (Wildman–Crippen MR) is 315 cm³/mol. The average molecular weight is 1200 g/mol. The maximum atomic E-state index is 14.4. The standard InChI is InChI=1S/C59H97N11O15/c1-14-31(7)45(67-52(77)39(61-13)27-37-21-19-18-20-22-37)56(81)64-41(28-71)54(79)62-38(23-24-44(60)74)51(76)66-47(33(9)16-3)58(83)68-46(32(8)15-2)57(82)65-42(29-72)55(80)70-49-36(12)85-59(84)48(34(10)17-4)69-53(78)40(25-30(5)6)63-50(75)35(11)26-43(49)73/h18-22,30-36,38-42,45-49,61,71-72H,14-17,23-29H2,1-13H3,(H2,60,74)(H,62,79)(H,63,75)(H,64,81)(H,65,82)(H,66,76)(H,67,77)(H,68,83)(H,69,78)(H,70,80)/t31-,32-,33+,34-,35+,36-,38+,39+,40-,41-,42-,45-,46-,47+,48-,49+/m0/s1. The largest absolute Gasteiger partial charge is 0.458 e. The van der Waals surface area contributed by atoms with Crippen molar-refractivity contribution in [2.45, 2.75) is 207 Å². The lowest BCUT2D eigenvalue weighted by Gasteiger charge is -2.31. The second-order valence-corrected chi connectivity index (χ2v) is 23.0. The summed E-state index contributed by atoms with van der Waals surface area (Å²) in [5, 5.41) is 47.1. The molecular weight excluding hydrogens is 1100 g/mol. The van der Waals surface area contributed by atoms with Crippen molar-refractivity contribution in [1.82, 2.24) is 53.2 Å². The van der Waals surface area contributed by atoms with Crippen molar-refractivity contribution in [1.29, 1.82) is 0 Å². The number of Topliss-reactive ketones (excluding diaryl/α,β-unsaturated/α-hetero) is 1. The van der Waals surface area contributed by atoms with E-state index in [9.17, 15) is 67.7 Å². The minimum absolute atomic E-state index is 0.0497. The molecule has 1 heterocycles. The fraction of sp³-hybridized carbons (Fsp3) is 0.695. The summed E-state index contributed by atoms with van der Waals surface area (Å²) >= 11 is 0. The molecule has 1 fully saturated rings. The molecule has 0 unspecified atom stereocenters. The maximum Gasteiger partial charge on any atom is 0.329 e. The van der Waals surface area contributed by atoms with Gasteiger partial charge in [0.15, 0.2) is 5.78 Å². The summed E-state index contributed by atoms with van der Waals surface area (Å²) < 4.78 is 5.75. The molecule has 2 rings (SSSR count). The minimum atomic E-state index is -1.77. The normalized spacial score (nSPS) is 21.6. The molecule has 10 amide bonds. The number of nitrogens with two attached hydrogens (primary N) is 1. The highest BCUT2D eigenvalue weighted by Crippen LogP contribution is 2.19. The molecule has 14 N–H and O–H groups in total. The summed E-state index contributed by atoms with van der Waals surface area (Å²) in [6.45, 7) is 18.2. The molecule has 1 aromatic rings. The zero-order valence-corrected chi connectivity index (χ0v) is 51.8. The number of carbonyl (C=O) groups is 12. The van der Waals surface area contributed by atoms with Gasteiger partial charge in [0.2, 0.25) is 59.1 Å². The number of carbonyl (C=O) groups excluding carboxylic acids is 12. The number of esters is 1. The van der Waals surface area contributed by atoms with Gasteiger partial charge in [-0.1, -0.05) is 132 Å². The third-order valence-corrected chi connectivity index (χ3v) is 15.7. The van der Waals surface area contributed by atoms with Crippen molar-refractivity contribution in [2.75, 3.05) is 20.3 Å². The van der Waals surface area contributed by atoms with Crippen LogP contribution in [0.15, 0.2) is 30.3 Å². The molecule has 1 aliphatic rings. The smallest absolute Gasteiger partial charge is 0.329 e. The van der Waals surface area contributed by atoms with Crippen LogP contribution in [0.2, 0.25) is 0 Å². The van der Waals surface area contributed by atoms with Gasteiger partial charge >= 0.3 is 5.97 Å². The molecule has 1 saturated heterocycles. The van der Waals surface area contributed by atoms with E-state index in [1.807, 2.05) is 44.2 Å². The van der Waals surface area contributed by atoms with E-state index in [2.05, 4.69) is 53.2 Å². The molecule has 0 spiro atoms. The molecule has 1 aromatic carbocycles. The molecule has 0 aliphatic carbocycles. The number of amides is 10. The quantitative estimate of drug-likeness (QED) is 0.0393. The number of rotatable bonds is 32. The van der Waals surface area contributed by atoms with Crippen molar-refractivity contribution < 1.29 is 72.5 Å². The molecule has 0 bridgehead atoms. The van der Waals surface area contributed by atoms with Crippen LogP contribution in [-0.4, -0.2) is 168 Å². The SMILES string of the molecule is CC[C@@H](C)[C@@H](NC(=O)[C@@H](CCC(N)=O)NC(=O)[C@H](CO)NC(=O)[C@@H](NC(=O)[C@@H](Cc1ccccc1)NC)[C@@H](C)CC)C(=O)N[C@H](C(=O)N[C@@H](CO)C(=O)N[C@H]1C(=O)C[C@@H](C)C(=O)N[C@@H](CC(C)C)C(=O)N[C@@H]([C@@H](C)CC)C(=O)O[C@H]1C)[C@@H](C)CC. The van der Waals surface area contributed by atoms with Crippen molar-refractivity contribution >= 4 is 70.8 Å². The molecule has 16 atom stereocenters. The minimum Gasteiger partial charge on any atom is -0.458 e. The Morgan fingerprint density at radius 3 is 1.53 bits per heavy atom. The second kappa shape index (κ2) is 36.7. The van der Waals surface area contributed by atoms with E-state index in [0.29, 0.717) is 19.3 Å². The van der Waals surface area contributed by atoms with Gasteiger partial charge < -0.3 is 73.9 Å². The van der Waals surface area contributed by atoms with E-state index in [4.69, 9.17) is 10.5 Å². The highest BCUT2D eigenvalue weighted by Gasteiger charge is 2.41. The number of ketones is 1. The number of likely N-dealkylation sites (N-methyl/N-ethyl adjacent to an activating group) is 1. The van der Waals surface area contributed by atoms with Crippen LogP contribution in [-0.2, 0) is 68.7 Å². The van der Waals surface area contributed by atoms with Gasteiger partial charge in [-0.3, -0.25) is 52.7 Å². The Hall–Kier alpha value is -7.06. The van der Waals surface area contributed by atoms with E-state index in [1.54, 1.807) is 62.4 Å². The molecule has 85 heavy (non-hydrogen) atoms. The number of cyclic esters (lactones) is 1. The molecule has 1 aliphatic heterocycles. The first-order valence-corrected chi connectivity index (χ1v) is 29.7. The molecule has 0 aromatic heterocycles. The van der Waals surface area contributed by atoms with E-state index >= 15 is 0 Å². The number of hydrogen-bond donors (Lipinski definition) is 13. The van der Waals surface area contributed by atoms with Crippen LogP contribution in [0.4, 0.5) is 0 Å². The van der Waals surface area contributed by atoms with Crippen molar-refractivity contribution in [3.8, 4) is 0 Å². The van der Waals surface area contributed by atoms with Gasteiger partial charge in [-0.25, -0.2) is 4.79 Å². The Labute approximate surface area is 499 Å². The topological polar surface area (TPSA) is 401 Å². The zero-order valence-electron chi connectivity index (χ0n) is 51.8. The van der Waals surface area contributed by atoms with Gasteiger partial charge in [0.25, 0.3) is 0 Å². The van der Waals surface area contributed by atoms with Crippen LogP contribution in [0.5, 0.6) is 0 Å². The second-order valence-electron chi connectivity index (χ2n) is 23.0. The van der Waals surface area contributed by atoms with Gasteiger partial charge in [0.05, 0.1) is 19.3 Å². The maximum absolute atomic E-state index is 14.4. The van der Waals surface area contributed by atoms with Crippen LogP contribution in [0.3, 0.4) is 0 Å². The number of ether oxygens (including phenoxy) is 1. The summed E-state index contributed by atoms with van der Waals surface area (Å²) in [5.41, 5.74) is 6.31. The zero-order chi connectivity index (χ0) is 64.4. The summed E-state index contributed by atoms with van der Waals surface area (Å²) in [7, 11) is 1.60. The fourth-order valence-corrected chi connectivity index (χ4v) is 9.27. The van der Waals surface area contributed by atoms with E-state index in [1.165, 1.54) is 13.8 Å². The van der Waals surface area contributed by atoms with Crippen LogP contribution in [0.25, 0.3) is 0 Å². The first-order valence-electron chi connectivity index (χ1n) is 29.7. The summed E-state index contributed by atoms with van der Waals surface area (Å²) in [4.78, 5) is 165. The first kappa shape index (κ1) is 74.0. The third kappa shape index (κ3) is 23.4. The highest BCUT2D eigenvalue weighted by molar-refractivity contribution is 5.99. The molecule has 478 valence electrons. The number of primary amides is 1. The Balaban J connectivity index is 2.40.